The van der Waals surface area contributed by atoms with Crippen LogP contribution in [0.3, 0.4) is 0 Å². The van der Waals surface area contributed by atoms with Gasteiger partial charge in [-0.15, -0.1) is 0 Å². The predicted molar refractivity (Wildman–Crippen MR) is 101 cm³/mol. The van der Waals surface area contributed by atoms with Gasteiger partial charge in [-0.3, -0.25) is 14.9 Å². The highest BCUT2D eigenvalue weighted by molar-refractivity contribution is 6.04. The van der Waals surface area contributed by atoms with E-state index < -0.39 is 10.8 Å². The fourth-order valence-corrected chi connectivity index (χ4v) is 2.38. The molecule has 0 radical (unpaired) electrons. The summed E-state index contributed by atoms with van der Waals surface area (Å²) in [7, 11) is 0. The molecular formula is C20H17N3O4. The van der Waals surface area contributed by atoms with Gasteiger partial charge in [0.05, 0.1) is 16.8 Å². The Hall–Kier alpha value is -3.74. The summed E-state index contributed by atoms with van der Waals surface area (Å²) in [4.78, 5) is 26.7. The number of pyridine rings is 1. The Morgan fingerprint density at radius 3 is 2.56 bits per heavy atom. The van der Waals surface area contributed by atoms with E-state index in [0.717, 1.165) is 5.56 Å². The van der Waals surface area contributed by atoms with E-state index >= 15 is 0 Å². The maximum atomic E-state index is 12.2. The summed E-state index contributed by atoms with van der Waals surface area (Å²) >= 11 is 0. The maximum Gasteiger partial charge on any atom is 0.270 e. The Morgan fingerprint density at radius 1 is 1.07 bits per heavy atom. The van der Waals surface area contributed by atoms with E-state index in [1.807, 2.05) is 32.0 Å². The Labute approximate surface area is 155 Å². The average Bonchev–Trinajstić information content (AvgIpc) is 2.66. The van der Waals surface area contributed by atoms with E-state index in [2.05, 4.69) is 10.3 Å². The molecule has 3 aromatic rings. The molecular weight excluding hydrogens is 346 g/mol. The minimum Gasteiger partial charge on any atom is -0.439 e. The highest BCUT2D eigenvalue weighted by Gasteiger charge is 2.12. The van der Waals surface area contributed by atoms with Crippen molar-refractivity contribution in [2.24, 2.45) is 0 Å². The number of hydrogen-bond donors (Lipinski definition) is 1. The van der Waals surface area contributed by atoms with Crippen LogP contribution in [0.2, 0.25) is 0 Å². The van der Waals surface area contributed by atoms with Crippen LogP contribution in [0, 0.1) is 24.0 Å². The molecule has 2 aromatic carbocycles. The zero-order valence-corrected chi connectivity index (χ0v) is 14.8. The van der Waals surface area contributed by atoms with Gasteiger partial charge in [-0.2, -0.15) is 0 Å². The predicted octanol–water partition coefficient (Wildman–Crippen LogP) is 4.65. The summed E-state index contributed by atoms with van der Waals surface area (Å²) in [5.41, 5.74) is 2.80. The Balaban J connectivity index is 1.68. The van der Waals surface area contributed by atoms with Gasteiger partial charge in [-0.25, -0.2) is 4.98 Å². The van der Waals surface area contributed by atoms with Crippen LogP contribution in [0.15, 0.2) is 60.8 Å². The van der Waals surface area contributed by atoms with Gasteiger partial charge in [-0.05, 0) is 49.2 Å². The van der Waals surface area contributed by atoms with Crippen LogP contribution in [-0.4, -0.2) is 15.8 Å². The minimum absolute atomic E-state index is 0.141. The Morgan fingerprint density at radius 2 is 1.89 bits per heavy atom. The Kier molecular flexibility index (Phi) is 5.12. The molecule has 7 heteroatoms. The molecule has 7 nitrogen and oxygen atoms in total. The fraction of sp³-hybridized carbons (Fsp3) is 0.100. The molecule has 136 valence electrons. The van der Waals surface area contributed by atoms with Gasteiger partial charge in [0.1, 0.15) is 5.75 Å². The zero-order chi connectivity index (χ0) is 19.4. The van der Waals surface area contributed by atoms with E-state index in [-0.39, 0.29) is 11.3 Å². The monoisotopic (exact) mass is 363 g/mol. The molecule has 27 heavy (non-hydrogen) atoms. The third-order valence-electron chi connectivity index (χ3n) is 4.01. The van der Waals surface area contributed by atoms with Crippen LogP contribution in [0.1, 0.15) is 21.5 Å². The van der Waals surface area contributed by atoms with E-state index in [0.29, 0.717) is 17.3 Å². The molecule has 0 aliphatic carbocycles. The first-order valence-electron chi connectivity index (χ1n) is 8.19. The van der Waals surface area contributed by atoms with Crippen molar-refractivity contribution in [3.8, 4) is 11.6 Å². The number of benzene rings is 2. The van der Waals surface area contributed by atoms with Crippen molar-refractivity contribution in [1.82, 2.24) is 4.98 Å². The molecule has 0 fully saturated rings. The van der Waals surface area contributed by atoms with Crippen molar-refractivity contribution in [3.63, 3.8) is 0 Å². The minimum atomic E-state index is -0.544. The number of aryl methyl sites for hydroxylation is 2. The Bertz CT molecular complexity index is 1000. The summed E-state index contributed by atoms with van der Waals surface area (Å²) in [5, 5.41) is 13.5. The molecule has 0 spiro atoms. The number of nitro benzene ring substituents is 1. The third kappa shape index (κ3) is 4.46. The lowest BCUT2D eigenvalue weighted by atomic mass is 10.1. The lowest BCUT2D eigenvalue weighted by molar-refractivity contribution is -0.384. The largest absolute Gasteiger partial charge is 0.439 e. The third-order valence-corrected chi connectivity index (χ3v) is 4.01. The van der Waals surface area contributed by atoms with E-state index in [4.69, 9.17) is 4.74 Å². The smallest absolute Gasteiger partial charge is 0.270 e. The van der Waals surface area contributed by atoms with Crippen LogP contribution in [0.4, 0.5) is 11.4 Å². The van der Waals surface area contributed by atoms with Crippen molar-refractivity contribution < 1.29 is 14.5 Å². The van der Waals surface area contributed by atoms with Crippen molar-refractivity contribution in [2.75, 3.05) is 5.32 Å². The number of nitro groups is 1. The number of carbonyl (C=O) groups excluding carboxylic acids is 1. The number of rotatable bonds is 5. The van der Waals surface area contributed by atoms with Crippen LogP contribution in [0.25, 0.3) is 0 Å². The summed E-state index contributed by atoms with van der Waals surface area (Å²) in [6, 6.07) is 14.6. The van der Waals surface area contributed by atoms with Gasteiger partial charge in [0.25, 0.3) is 11.6 Å². The van der Waals surface area contributed by atoms with Gasteiger partial charge < -0.3 is 10.1 Å². The van der Waals surface area contributed by atoms with Crippen molar-refractivity contribution >= 4 is 17.3 Å². The molecule has 0 aliphatic rings. The van der Waals surface area contributed by atoms with Gasteiger partial charge in [0.2, 0.25) is 5.88 Å². The second-order valence-electron chi connectivity index (χ2n) is 5.99. The molecule has 3 rings (SSSR count). The normalized spacial score (nSPS) is 10.3. The highest BCUT2D eigenvalue weighted by atomic mass is 16.6. The highest BCUT2D eigenvalue weighted by Crippen LogP contribution is 2.23. The van der Waals surface area contributed by atoms with Crippen molar-refractivity contribution in [1.29, 1.82) is 0 Å². The van der Waals surface area contributed by atoms with Gasteiger partial charge in [0.15, 0.2) is 0 Å². The second-order valence-corrected chi connectivity index (χ2v) is 5.99. The SMILES string of the molecule is Cc1ccc(Oc2ccc(NC(=O)c3cccc([N+](=O)[O-])c3)cn2)cc1C. The lowest BCUT2D eigenvalue weighted by Crippen LogP contribution is -2.12. The molecule has 0 aliphatic heterocycles. The number of hydrogen-bond acceptors (Lipinski definition) is 5. The molecule has 0 saturated heterocycles. The number of ether oxygens (including phenoxy) is 1. The van der Waals surface area contributed by atoms with Gasteiger partial charge in [-0.1, -0.05) is 12.1 Å². The first-order valence-corrected chi connectivity index (χ1v) is 8.19. The summed E-state index contributed by atoms with van der Waals surface area (Å²) < 4.78 is 5.70. The quantitative estimate of drug-likeness (QED) is 0.526. The van der Waals surface area contributed by atoms with Gasteiger partial charge in [0, 0.05) is 23.8 Å². The molecule has 0 atom stereocenters. The molecule has 1 aromatic heterocycles. The van der Waals surface area contributed by atoms with Crippen LogP contribution in [-0.2, 0) is 0 Å². The second kappa shape index (κ2) is 7.65. The van der Waals surface area contributed by atoms with Gasteiger partial charge >= 0.3 is 0 Å². The summed E-state index contributed by atoms with van der Waals surface area (Å²) in [6.07, 6.45) is 1.46. The number of aromatic nitrogens is 1. The molecule has 1 amide bonds. The van der Waals surface area contributed by atoms with Crippen molar-refractivity contribution in [2.45, 2.75) is 13.8 Å². The van der Waals surface area contributed by atoms with E-state index in [1.165, 1.54) is 36.0 Å². The molecule has 0 saturated carbocycles. The number of nitrogens with one attached hydrogen (secondary N) is 1. The maximum absolute atomic E-state index is 12.2. The molecule has 0 bridgehead atoms. The average molecular weight is 363 g/mol. The molecule has 0 unspecified atom stereocenters. The summed E-state index contributed by atoms with van der Waals surface area (Å²) in [6.45, 7) is 4.03. The van der Waals surface area contributed by atoms with Crippen molar-refractivity contribution in [3.05, 3.63) is 87.6 Å². The number of carbonyl (C=O) groups is 1. The lowest BCUT2D eigenvalue weighted by Gasteiger charge is -2.08. The fourth-order valence-electron chi connectivity index (χ4n) is 2.38. The number of nitrogens with zero attached hydrogens (tertiary/aromatic N) is 2. The summed E-state index contributed by atoms with van der Waals surface area (Å²) in [5.74, 6) is 0.619. The standard InChI is InChI=1S/C20H17N3O4/c1-13-6-8-18(10-14(13)2)27-19-9-7-16(12-21-19)22-20(24)15-4-3-5-17(11-15)23(25)26/h3-12H,1-2H3,(H,22,24). The number of anilines is 1. The van der Waals surface area contributed by atoms with Crippen LogP contribution < -0.4 is 10.1 Å². The molecule has 1 N–H and O–H groups in total. The van der Waals surface area contributed by atoms with E-state index in [9.17, 15) is 14.9 Å². The topological polar surface area (TPSA) is 94.4 Å². The van der Waals surface area contributed by atoms with E-state index in [1.54, 1.807) is 12.1 Å². The zero-order valence-electron chi connectivity index (χ0n) is 14.8. The van der Waals surface area contributed by atoms with Crippen LogP contribution >= 0.6 is 0 Å². The number of non-ortho nitro benzene ring substituents is 1. The molecule has 1 heterocycles. The first-order chi connectivity index (χ1) is 12.9. The van der Waals surface area contributed by atoms with Crippen LogP contribution in [0.5, 0.6) is 11.6 Å². The number of amides is 1. The first kappa shape index (κ1) is 18.1.